The summed E-state index contributed by atoms with van der Waals surface area (Å²) in [5.74, 6) is 0.325. The van der Waals surface area contributed by atoms with Crippen LogP contribution in [0, 0.1) is 0 Å². The van der Waals surface area contributed by atoms with Crippen molar-refractivity contribution >= 4 is 29.0 Å². The van der Waals surface area contributed by atoms with Gasteiger partial charge >= 0.3 is 0 Å². The van der Waals surface area contributed by atoms with Crippen LogP contribution < -0.4 is 15.0 Å². The number of nitrogens with one attached hydrogen (secondary N) is 1. The van der Waals surface area contributed by atoms with Crippen molar-refractivity contribution in [3.8, 4) is 5.75 Å². The van der Waals surface area contributed by atoms with Gasteiger partial charge in [0.05, 0.1) is 11.4 Å². The summed E-state index contributed by atoms with van der Waals surface area (Å²) in [6.07, 6.45) is 1.80. The number of hydrogen-bond acceptors (Lipinski definition) is 4. The van der Waals surface area contributed by atoms with Crippen LogP contribution in [0.1, 0.15) is 36.5 Å². The third-order valence-corrected chi connectivity index (χ3v) is 4.41. The van der Waals surface area contributed by atoms with Gasteiger partial charge in [-0.25, -0.2) is 0 Å². The first-order valence-corrected chi connectivity index (χ1v) is 9.04. The van der Waals surface area contributed by atoms with Crippen LogP contribution in [-0.4, -0.2) is 30.7 Å². The standard InChI is InChI=1S/C21H22N2O4/c1-2-19(24)15-9-11-16(12-10-15)27-14-20(25)22-17-6-3-4-7-18(17)23-13-5-8-21(23)26/h3-4,6-7,9-12H,2,5,8,13-14H2,1H3,(H,22,25). The fourth-order valence-corrected chi connectivity index (χ4v) is 2.99. The minimum Gasteiger partial charge on any atom is -0.484 e. The van der Waals surface area contributed by atoms with E-state index >= 15 is 0 Å². The second-order valence-corrected chi connectivity index (χ2v) is 6.30. The summed E-state index contributed by atoms with van der Waals surface area (Å²) in [6.45, 7) is 2.30. The zero-order valence-electron chi connectivity index (χ0n) is 15.2. The normalized spacial score (nSPS) is 13.5. The smallest absolute Gasteiger partial charge is 0.262 e. The summed E-state index contributed by atoms with van der Waals surface area (Å²) in [7, 11) is 0. The van der Waals surface area contributed by atoms with Gasteiger partial charge in [-0.1, -0.05) is 19.1 Å². The maximum absolute atomic E-state index is 12.3. The molecule has 0 atom stereocenters. The van der Waals surface area contributed by atoms with E-state index in [0.717, 1.165) is 6.42 Å². The van der Waals surface area contributed by atoms with Crippen LogP contribution >= 0.6 is 0 Å². The van der Waals surface area contributed by atoms with Crippen molar-refractivity contribution in [2.45, 2.75) is 26.2 Å². The zero-order chi connectivity index (χ0) is 19.2. The molecule has 1 aliphatic rings. The molecule has 140 valence electrons. The van der Waals surface area contributed by atoms with Gasteiger partial charge in [-0.05, 0) is 42.8 Å². The predicted molar refractivity (Wildman–Crippen MR) is 103 cm³/mol. The van der Waals surface area contributed by atoms with E-state index in [2.05, 4.69) is 5.32 Å². The maximum atomic E-state index is 12.3. The van der Waals surface area contributed by atoms with Crippen molar-refractivity contribution in [1.29, 1.82) is 0 Å². The number of rotatable bonds is 7. The number of carbonyl (C=O) groups is 3. The van der Waals surface area contributed by atoms with Gasteiger partial charge < -0.3 is 15.0 Å². The van der Waals surface area contributed by atoms with Gasteiger partial charge in [0.25, 0.3) is 5.91 Å². The van der Waals surface area contributed by atoms with Crippen molar-refractivity contribution in [3.05, 3.63) is 54.1 Å². The van der Waals surface area contributed by atoms with Gasteiger partial charge in [-0.15, -0.1) is 0 Å². The molecule has 6 heteroatoms. The molecule has 1 saturated heterocycles. The highest BCUT2D eigenvalue weighted by Crippen LogP contribution is 2.29. The monoisotopic (exact) mass is 366 g/mol. The Labute approximate surface area is 158 Å². The first kappa shape index (κ1) is 18.6. The molecule has 0 aromatic heterocycles. The number of benzene rings is 2. The van der Waals surface area contributed by atoms with Gasteiger partial charge in [0.1, 0.15) is 5.75 Å². The Hall–Kier alpha value is -3.15. The molecule has 0 saturated carbocycles. The quantitative estimate of drug-likeness (QED) is 0.762. The summed E-state index contributed by atoms with van der Waals surface area (Å²) in [5, 5.41) is 2.81. The van der Waals surface area contributed by atoms with Gasteiger partial charge in [-0.3, -0.25) is 14.4 Å². The number of carbonyl (C=O) groups excluding carboxylic acids is 3. The van der Waals surface area contributed by atoms with Crippen LogP contribution in [0.15, 0.2) is 48.5 Å². The summed E-state index contributed by atoms with van der Waals surface area (Å²) >= 11 is 0. The summed E-state index contributed by atoms with van der Waals surface area (Å²) in [4.78, 5) is 37.6. The van der Waals surface area contributed by atoms with E-state index in [1.807, 2.05) is 25.1 Å². The molecule has 2 aromatic carbocycles. The number of nitrogens with zero attached hydrogens (tertiary/aromatic N) is 1. The largest absolute Gasteiger partial charge is 0.484 e. The molecule has 1 N–H and O–H groups in total. The second kappa shape index (κ2) is 8.49. The van der Waals surface area contributed by atoms with E-state index in [1.165, 1.54) is 0 Å². The number of hydrogen-bond donors (Lipinski definition) is 1. The lowest BCUT2D eigenvalue weighted by Crippen LogP contribution is -2.26. The molecule has 0 spiro atoms. The summed E-state index contributed by atoms with van der Waals surface area (Å²) < 4.78 is 5.49. The van der Waals surface area contributed by atoms with Gasteiger partial charge in [-0.2, -0.15) is 0 Å². The van der Waals surface area contributed by atoms with Crippen molar-refractivity contribution in [3.63, 3.8) is 0 Å². The first-order valence-electron chi connectivity index (χ1n) is 9.04. The molecule has 0 aliphatic carbocycles. The average Bonchev–Trinajstić information content (AvgIpc) is 3.12. The Morgan fingerprint density at radius 3 is 2.52 bits per heavy atom. The zero-order valence-corrected chi connectivity index (χ0v) is 15.2. The predicted octanol–water partition coefficient (Wildman–Crippen LogP) is 3.42. The summed E-state index contributed by atoms with van der Waals surface area (Å²) in [5.41, 5.74) is 1.92. The highest BCUT2D eigenvalue weighted by molar-refractivity contribution is 6.02. The number of ketones is 1. The fourth-order valence-electron chi connectivity index (χ4n) is 2.99. The van der Waals surface area contributed by atoms with Crippen LogP contribution in [0.5, 0.6) is 5.75 Å². The molecule has 2 aromatic rings. The lowest BCUT2D eigenvalue weighted by atomic mass is 10.1. The third-order valence-electron chi connectivity index (χ3n) is 4.41. The van der Waals surface area contributed by atoms with E-state index < -0.39 is 0 Å². The number of ether oxygens (including phenoxy) is 1. The molecule has 6 nitrogen and oxygen atoms in total. The molecule has 3 rings (SSSR count). The molecule has 1 heterocycles. The van der Waals surface area contributed by atoms with Crippen LogP contribution in [0.4, 0.5) is 11.4 Å². The van der Waals surface area contributed by atoms with Crippen molar-refractivity contribution < 1.29 is 19.1 Å². The topological polar surface area (TPSA) is 75.7 Å². The van der Waals surface area contributed by atoms with Crippen LogP contribution in [0.25, 0.3) is 0 Å². The SMILES string of the molecule is CCC(=O)c1ccc(OCC(=O)Nc2ccccc2N2CCCC2=O)cc1. The van der Waals surface area contributed by atoms with Crippen molar-refractivity contribution in [1.82, 2.24) is 0 Å². The number of Topliss-reactive ketones (excluding diaryl/α,β-unsaturated/α-hetero) is 1. The number of anilines is 2. The van der Waals surface area contributed by atoms with Gasteiger partial charge in [0, 0.05) is 24.9 Å². The lowest BCUT2D eigenvalue weighted by Gasteiger charge is -2.20. The Kier molecular flexibility index (Phi) is 5.86. The Morgan fingerprint density at radius 1 is 1.11 bits per heavy atom. The average molecular weight is 366 g/mol. The highest BCUT2D eigenvalue weighted by Gasteiger charge is 2.24. The van der Waals surface area contributed by atoms with E-state index in [1.54, 1.807) is 35.2 Å². The van der Waals surface area contributed by atoms with Crippen LogP contribution in [0.2, 0.25) is 0 Å². The summed E-state index contributed by atoms with van der Waals surface area (Å²) in [6, 6.07) is 14.0. The number of amides is 2. The Bertz CT molecular complexity index is 846. The molecule has 2 amide bonds. The van der Waals surface area contributed by atoms with Crippen LogP contribution in [0.3, 0.4) is 0 Å². The first-order chi connectivity index (χ1) is 13.1. The van der Waals surface area contributed by atoms with Gasteiger partial charge in [0.2, 0.25) is 5.91 Å². The molecule has 1 fully saturated rings. The Balaban J connectivity index is 1.60. The fraction of sp³-hybridized carbons (Fsp3) is 0.286. The molecule has 27 heavy (non-hydrogen) atoms. The molecule has 0 radical (unpaired) electrons. The molecular weight excluding hydrogens is 344 g/mol. The van der Waals surface area contributed by atoms with Crippen LogP contribution in [-0.2, 0) is 9.59 Å². The van der Waals surface area contributed by atoms with E-state index in [9.17, 15) is 14.4 Å². The minimum atomic E-state index is -0.317. The second-order valence-electron chi connectivity index (χ2n) is 6.30. The van der Waals surface area contributed by atoms with Gasteiger partial charge in [0.15, 0.2) is 12.4 Å². The Morgan fingerprint density at radius 2 is 1.85 bits per heavy atom. The minimum absolute atomic E-state index is 0.0624. The number of para-hydroxylation sites is 2. The molecule has 0 unspecified atom stereocenters. The van der Waals surface area contributed by atoms with E-state index in [4.69, 9.17) is 4.74 Å². The van der Waals surface area contributed by atoms with E-state index in [-0.39, 0.29) is 24.2 Å². The molecule has 1 aliphatic heterocycles. The van der Waals surface area contributed by atoms with E-state index in [0.29, 0.717) is 42.1 Å². The highest BCUT2D eigenvalue weighted by atomic mass is 16.5. The third kappa shape index (κ3) is 4.53. The molecular formula is C21H22N2O4. The lowest BCUT2D eigenvalue weighted by molar-refractivity contribution is -0.118. The van der Waals surface area contributed by atoms with Crippen molar-refractivity contribution in [2.75, 3.05) is 23.4 Å². The van der Waals surface area contributed by atoms with Crippen molar-refractivity contribution in [2.24, 2.45) is 0 Å². The molecule has 0 bridgehead atoms. The maximum Gasteiger partial charge on any atom is 0.262 e.